The van der Waals surface area contributed by atoms with Gasteiger partial charge in [0.1, 0.15) is 12.6 Å². The summed E-state index contributed by atoms with van der Waals surface area (Å²) in [5.74, 6) is -0.390. The second-order valence-corrected chi connectivity index (χ2v) is 9.72. The molecule has 3 aromatic carbocycles. The summed E-state index contributed by atoms with van der Waals surface area (Å²) in [4.78, 5) is 43.2. The SMILES string of the molecule is CC[C@@H](C(=O)NCC(C)C)N(Cc1ccc(Cl)cc1)C(=O)CN1C(=O)c2cccc3cccc1c23. The number of hydrogen-bond donors (Lipinski definition) is 1. The zero-order chi connectivity index (χ0) is 25.1. The molecule has 1 atom stereocenters. The Balaban J connectivity index is 1.63. The Kier molecular flexibility index (Phi) is 7.41. The number of rotatable bonds is 9. The van der Waals surface area contributed by atoms with Crippen LogP contribution >= 0.6 is 11.6 Å². The Bertz CT molecular complexity index is 1250. The highest BCUT2D eigenvalue weighted by Crippen LogP contribution is 2.37. The molecule has 6 nitrogen and oxygen atoms in total. The molecule has 0 aromatic heterocycles. The summed E-state index contributed by atoms with van der Waals surface area (Å²) in [7, 11) is 0. The molecule has 35 heavy (non-hydrogen) atoms. The molecule has 0 saturated carbocycles. The maximum Gasteiger partial charge on any atom is 0.259 e. The molecule has 1 aliphatic rings. The van der Waals surface area contributed by atoms with E-state index in [1.54, 1.807) is 23.1 Å². The van der Waals surface area contributed by atoms with Crippen LogP contribution in [-0.4, -0.2) is 41.8 Å². The number of halogens is 1. The highest BCUT2D eigenvalue weighted by atomic mass is 35.5. The summed E-state index contributed by atoms with van der Waals surface area (Å²) >= 11 is 6.05. The van der Waals surface area contributed by atoms with E-state index < -0.39 is 6.04 Å². The fraction of sp³-hybridized carbons (Fsp3) is 0.321. The van der Waals surface area contributed by atoms with Crippen LogP contribution in [-0.2, 0) is 16.1 Å². The van der Waals surface area contributed by atoms with Crippen molar-refractivity contribution in [3.63, 3.8) is 0 Å². The van der Waals surface area contributed by atoms with Crippen molar-refractivity contribution in [1.29, 1.82) is 0 Å². The standard InChI is InChI=1S/C28H30ClN3O3/c1-4-23(27(34)30-15-18(2)3)31(16-19-11-13-21(29)14-12-19)25(33)17-32-24-10-6-8-20-7-5-9-22(26(20)24)28(32)35/h5-14,18,23H,4,15-17H2,1-3H3,(H,30,34)/t23-/m0/s1. The highest BCUT2D eigenvalue weighted by molar-refractivity contribution is 6.30. The van der Waals surface area contributed by atoms with E-state index in [0.29, 0.717) is 23.6 Å². The molecule has 4 rings (SSSR count). The Labute approximate surface area is 210 Å². The Morgan fingerprint density at radius 3 is 2.37 bits per heavy atom. The van der Waals surface area contributed by atoms with Crippen LogP contribution in [0, 0.1) is 5.92 Å². The van der Waals surface area contributed by atoms with Crippen LogP contribution in [0.2, 0.25) is 5.02 Å². The van der Waals surface area contributed by atoms with Crippen LogP contribution in [0.5, 0.6) is 0 Å². The molecule has 0 radical (unpaired) electrons. The van der Waals surface area contributed by atoms with Gasteiger partial charge in [0.05, 0.1) is 5.69 Å². The number of amides is 3. The summed E-state index contributed by atoms with van der Waals surface area (Å²) in [5, 5.41) is 5.38. The number of benzene rings is 3. The molecule has 0 fully saturated rings. The fourth-order valence-electron chi connectivity index (χ4n) is 4.49. The lowest BCUT2D eigenvalue weighted by molar-refractivity contribution is -0.140. The van der Waals surface area contributed by atoms with Gasteiger partial charge in [0, 0.05) is 29.1 Å². The molecule has 7 heteroatoms. The first-order valence-electron chi connectivity index (χ1n) is 11.9. The molecule has 3 aromatic rings. The van der Waals surface area contributed by atoms with Gasteiger partial charge in [0.25, 0.3) is 5.91 Å². The van der Waals surface area contributed by atoms with Gasteiger partial charge >= 0.3 is 0 Å². The number of nitrogens with zero attached hydrogens (tertiary/aromatic N) is 2. The first kappa shape index (κ1) is 24.7. The van der Waals surface area contributed by atoms with Gasteiger partial charge in [-0.05, 0) is 47.6 Å². The number of hydrogen-bond acceptors (Lipinski definition) is 3. The van der Waals surface area contributed by atoms with Crippen molar-refractivity contribution in [1.82, 2.24) is 10.2 Å². The van der Waals surface area contributed by atoms with Crippen LogP contribution in [0.25, 0.3) is 10.8 Å². The third kappa shape index (κ3) is 5.17. The van der Waals surface area contributed by atoms with Gasteiger partial charge in [-0.3, -0.25) is 19.3 Å². The van der Waals surface area contributed by atoms with Gasteiger partial charge in [-0.15, -0.1) is 0 Å². The zero-order valence-electron chi connectivity index (χ0n) is 20.3. The molecule has 1 aliphatic heterocycles. The van der Waals surface area contributed by atoms with E-state index in [2.05, 4.69) is 5.32 Å². The number of carbonyl (C=O) groups excluding carboxylic acids is 3. The first-order chi connectivity index (χ1) is 16.8. The summed E-state index contributed by atoms with van der Waals surface area (Å²) in [6, 6.07) is 17.9. The molecule has 1 heterocycles. The van der Waals surface area contributed by atoms with Gasteiger partial charge in [0.2, 0.25) is 11.8 Å². The lowest BCUT2D eigenvalue weighted by Crippen LogP contribution is -2.52. The predicted molar refractivity (Wildman–Crippen MR) is 140 cm³/mol. The van der Waals surface area contributed by atoms with Crippen molar-refractivity contribution in [2.24, 2.45) is 5.92 Å². The number of nitrogens with one attached hydrogen (secondary N) is 1. The smallest absolute Gasteiger partial charge is 0.259 e. The van der Waals surface area contributed by atoms with E-state index in [1.807, 2.05) is 63.2 Å². The average Bonchev–Trinajstić information content (AvgIpc) is 3.11. The second kappa shape index (κ2) is 10.5. The van der Waals surface area contributed by atoms with Crippen molar-refractivity contribution < 1.29 is 14.4 Å². The molecule has 0 aliphatic carbocycles. The summed E-state index contributed by atoms with van der Waals surface area (Å²) in [6.07, 6.45) is 0.451. The molecule has 1 N–H and O–H groups in total. The lowest BCUT2D eigenvalue weighted by atomic mass is 10.1. The third-order valence-electron chi connectivity index (χ3n) is 6.28. The quantitative estimate of drug-likeness (QED) is 0.456. The lowest BCUT2D eigenvalue weighted by Gasteiger charge is -2.32. The van der Waals surface area contributed by atoms with Crippen LogP contribution in [0.3, 0.4) is 0 Å². The van der Waals surface area contributed by atoms with Gasteiger partial charge in [-0.2, -0.15) is 0 Å². The van der Waals surface area contributed by atoms with Crippen molar-refractivity contribution >= 4 is 45.8 Å². The van der Waals surface area contributed by atoms with E-state index in [0.717, 1.165) is 22.0 Å². The van der Waals surface area contributed by atoms with Crippen molar-refractivity contribution in [3.8, 4) is 0 Å². The molecule has 0 unspecified atom stereocenters. The molecule has 0 spiro atoms. The second-order valence-electron chi connectivity index (χ2n) is 9.28. The highest BCUT2D eigenvalue weighted by Gasteiger charge is 2.35. The van der Waals surface area contributed by atoms with Crippen LogP contribution < -0.4 is 10.2 Å². The normalized spacial score (nSPS) is 13.4. The van der Waals surface area contributed by atoms with Crippen molar-refractivity contribution in [3.05, 3.63) is 76.8 Å². The summed E-state index contributed by atoms with van der Waals surface area (Å²) in [5.41, 5.74) is 2.17. The van der Waals surface area contributed by atoms with Gasteiger partial charge < -0.3 is 10.2 Å². The minimum absolute atomic E-state index is 0.145. The third-order valence-corrected chi connectivity index (χ3v) is 6.53. The topological polar surface area (TPSA) is 69.7 Å². The van der Waals surface area contributed by atoms with Crippen molar-refractivity contribution in [2.75, 3.05) is 18.0 Å². The Hall–Kier alpha value is -3.38. The van der Waals surface area contributed by atoms with Crippen LogP contribution in [0.1, 0.15) is 43.1 Å². The molecular weight excluding hydrogens is 462 g/mol. The Morgan fingerprint density at radius 2 is 1.71 bits per heavy atom. The number of anilines is 1. The van der Waals surface area contributed by atoms with Gasteiger partial charge in [-0.1, -0.05) is 68.8 Å². The minimum atomic E-state index is -0.659. The van der Waals surface area contributed by atoms with E-state index in [9.17, 15) is 14.4 Å². The molecule has 0 bridgehead atoms. The van der Waals surface area contributed by atoms with Gasteiger partial charge in [0.15, 0.2) is 0 Å². The van der Waals surface area contributed by atoms with E-state index in [-0.39, 0.29) is 36.7 Å². The monoisotopic (exact) mass is 491 g/mol. The molecular formula is C28H30ClN3O3. The average molecular weight is 492 g/mol. The zero-order valence-corrected chi connectivity index (χ0v) is 21.0. The molecule has 182 valence electrons. The van der Waals surface area contributed by atoms with Crippen molar-refractivity contribution in [2.45, 2.75) is 39.8 Å². The number of carbonyl (C=O) groups is 3. The Morgan fingerprint density at radius 1 is 1.03 bits per heavy atom. The maximum atomic E-state index is 13.8. The summed E-state index contributed by atoms with van der Waals surface area (Å²) in [6.45, 7) is 6.56. The van der Waals surface area contributed by atoms with E-state index >= 15 is 0 Å². The predicted octanol–water partition coefficient (Wildman–Crippen LogP) is 5.03. The molecule has 3 amide bonds. The van der Waals surface area contributed by atoms with Gasteiger partial charge in [-0.25, -0.2) is 0 Å². The van der Waals surface area contributed by atoms with Crippen LogP contribution in [0.15, 0.2) is 60.7 Å². The summed E-state index contributed by atoms with van der Waals surface area (Å²) < 4.78 is 0. The van der Waals surface area contributed by atoms with E-state index in [4.69, 9.17) is 11.6 Å². The minimum Gasteiger partial charge on any atom is -0.354 e. The first-order valence-corrected chi connectivity index (χ1v) is 12.3. The molecule has 0 saturated heterocycles. The van der Waals surface area contributed by atoms with E-state index in [1.165, 1.54) is 4.90 Å². The fourth-order valence-corrected chi connectivity index (χ4v) is 4.62. The van der Waals surface area contributed by atoms with Crippen LogP contribution in [0.4, 0.5) is 5.69 Å². The largest absolute Gasteiger partial charge is 0.354 e. The maximum absolute atomic E-state index is 13.8.